The predicted molar refractivity (Wildman–Crippen MR) is 64.8 cm³/mol. The molecule has 0 aliphatic heterocycles. The molecule has 17 heavy (non-hydrogen) atoms. The standard InChI is InChI=1S/C9H15N5O2S/c1-2-4-12-9-14-13-8(17-9)7(16)11-5-3-6(10)15/h2-5H2,1H3,(H2,10,15)(H,11,16)(H,12,14). The Morgan fingerprint density at radius 1 is 1.35 bits per heavy atom. The van der Waals surface area contributed by atoms with Crippen LogP contribution >= 0.6 is 11.3 Å². The van der Waals surface area contributed by atoms with Crippen molar-refractivity contribution >= 4 is 28.3 Å². The van der Waals surface area contributed by atoms with E-state index in [-0.39, 0.29) is 23.9 Å². The van der Waals surface area contributed by atoms with E-state index in [9.17, 15) is 9.59 Å². The molecule has 94 valence electrons. The Labute approximate surface area is 103 Å². The van der Waals surface area contributed by atoms with Gasteiger partial charge in [0.25, 0.3) is 5.91 Å². The van der Waals surface area contributed by atoms with Gasteiger partial charge in [0.15, 0.2) is 0 Å². The molecule has 0 bridgehead atoms. The third kappa shape index (κ3) is 4.77. The Kier molecular flexibility index (Phi) is 5.34. The zero-order chi connectivity index (χ0) is 12.7. The summed E-state index contributed by atoms with van der Waals surface area (Å²) in [6.45, 7) is 3.04. The summed E-state index contributed by atoms with van der Waals surface area (Å²) in [6.07, 6.45) is 1.09. The van der Waals surface area contributed by atoms with Crippen LogP contribution in [0.5, 0.6) is 0 Å². The van der Waals surface area contributed by atoms with Gasteiger partial charge < -0.3 is 16.4 Å². The highest BCUT2D eigenvalue weighted by Crippen LogP contribution is 2.14. The molecule has 0 aromatic carbocycles. The van der Waals surface area contributed by atoms with Gasteiger partial charge in [-0.3, -0.25) is 9.59 Å². The van der Waals surface area contributed by atoms with Crippen molar-refractivity contribution in [3.8, 4) is 0 Å². The molecule has 0 aliphatic rings. The molecular weight excluding hydrogens is 242 g/mol. The van der Waals surface area contributed by atoms with Gasteiger partial charge in [-0.1, -0.05) is 18.3 Å². The van der Waals surface area contributed by atoms with E-state index < -0.39 is 5.91 Å². The first-order valence-corrected chi connectivity index (χ1v) is 6.09. The van der Waals surface area contributed by atoms with E-state index >= 15 is 0 Å². The Bertz CT molecular complexity index is 392. The third-order valence-electron chi connectivity index (χ3n) is 1.80. The molecule has 0 aliphatic carbocycles. The molecule has 4 N–H and O–H groups in total. The zero-order valence-corrected chi connectivity index (χ0v) is 10.3. The number of amides is 2. The van der Waals surface area contributed by atoms with Crippen molar-refractivity contribution in [1.82, 2.24) is 15.5 Å². The van der Waals surface area contributed by atoms with Crippen molar-refractivity contribution in [2.45, 2.75) is 19.8 Å². The number of carbonyl (C=O) groups is 2. The molecule has 8 heteroatoms. The lowest BCUT2D eigenvalue weighted by Gasteiger charge is -1.99. The first-order chi connectivity index (χ1) is 8.13. The average molecular weight is 257 g/mol. The molecule has 0 spiro atoms. The summed E-state index contributed by atoms with van der Waals surface area (Å²) in [6, 6.07) is 0. The van der Waals surface area contributed by atoms with Gasteiger partial charge in [-0.15, -0.1) is 10.2 Å². The molecule has 1 rings (SSSR count). The molecule has 0 radical (unpaired) electrons. The highest BCUT2D eigenvalue weighted by Gasteiger charge is 2.12. The largest absolute Gasteiger partial charge is 0.370 e. The Morgan fingerprint density at radius 2 is 2.12 bits per heavy atom. The van der Waals surface area contributed by atoms with Crippen LogP contribution in [0.15, 0.2) is 0 Å². The monoisotopic (exact) mass is 257 g/mol. The summed E-state index contributed by atoms with van der Waals surface area (Å²) in [5.41, 5.74) is 4.95. The maximum absolute atomic E-state index is 11.5. The average Bonchev–Trinajstić information content (AvgIpc) is 2.74. The number of nitrogens with zero attached hydrogens (tertiary/aromatic N) is 2. The molecule has 1 heterocycles. The minimum absolute atomic E-state index is 0.117. The topological polar surface area (TPSA) is 110 Å². The first-order valence-electron chi connectivity index (χ1n) is 5.27. The summed E-state index contributed by atoms with van der Waals surface area (Å²) >= 11 is 1.18. The minimum atomic E-state index is -0.451. The molecule has 1 aromatic heterocycles. The van der Waals surface area contributed by atoms with Crippen LogP contribution in [0.25, 0.3) is 0 Å². The van der Waals surface area contributed by atoms with E-state index in [0.717, 1.165) is 13.0 Å². The van der Waals surface area contributed by atoms with Gasteiger partial charge in [-0.2, -0.15) is 0 Å². The lowest BCUT2D eigenvalue weighted by molar-refractivity contribution is -0.117. The van der Waals surface area contributed by atoms with Crippen molar-refractivity contribution < 1.29 is 9.59 Å². The molecule has 7 nitrogen and oxygen atoms in total. The van der Waals surface area contributed by atoms with Crippen LogP contribution in [0.2, 0.25) is 0 Å². The number of anilines is 1. The van der Waals surface area contributed by atoms with Gasteiger partial charge >= 0.3 is 0 Å². The van der Waals surface area contributed by atoms with Gasteiger partial charge in [-0.05, 0) is 6.42 Å². The van der Waals surface area contributed by atoms with E-state index in [2.05, 4.69) is 20.8 Å². The maximum atomic E-state index is 11.5. The predicted octanol–water partition coefficient (Wildman–Crippen LogP) is -0.0348. The zero-order valence-electron chi connectivity index (χ0n) is 9.52. The quantitative estimate of drug-likeness (QED) is 0.635. The van der Waals surface area contributed by atoms with Crippen LogP contribution < -0.4 is 16.4 Å². The maximum Gasteiger partial charge on any atom is 0.282 e. The summed E-state index contributed by atoms with van der Waals surface area (Å²) < 4.78 is 0. The molecule has 0 atom stereocenters. The number of hydrogen-bond donors (Lipinski definition) is 3. The number of rotatable bonds is 7. The van der Waals surface area contributed by atoms with E-state index in [1.54, 1.807) is 0 Å². The van der Waals surface area contributed by atoms with Gasteiger partial charge in [0, 0.05) is 19.5 Å². The minimum Gasteiger partial charge on any atom is -0.370 e. The third-order valence-corrected chi connectivity index (χ3v) is 2.68. The highest BCUT2D eigenvalue weighted by atomic mass is 32.1. The second-order valence-electron chi connectivity index (χ2n) is 3.31. The molecule has 1 aromatic rings. The van der Waals surface area contributed by atoms with Gasteiger partial charge in [0.05, 0.1) is 0 Å². The normalized spacial score (nSPS) is 9.94. The Hall–Kier alpha value is -1.70. The smallest absolute Gasteiger partial charge is 0.282 e. The Morgan fingerprint density at radius 3 is 2.76 bits per heavy atom. The second-order valence-corrected chi connectivity index (χ2v) is 4.29. The van der Waals surface area contributed by atoms with Crippen LogP contribution in [-0.2, 0) is 4.79 Å². The summed E-state index contributed by atoms with van der Waals surface area (Å²) in [7, 11) is 0. The van der Waals surface area contributed by atoms with Crippen molar-refractivity contribution in [2.24, 2.45) is 5.73 Å². The lowest BCUT2D eigenvalue weighted by Crippen LogP contribution is -2.27. The number of nitrogens with two attached hydrogens (primary N) is 1. The number of nitrogens with one attached hydrogen (secondary N) is 2. The van der Waals surface area contributed by atoms with Crippen LogP contribution in [0.4, 0.5) is 5.13 Å². The molecular formula is C9H15N5O2S. The number of hydrogen-bond acceptors (Lipinski definition) is 6. The van der Waals surface area contributed by atoms with Crippen LogP contribution in [-0.4, -0.2) is 35.1 Å². The molecule has 0 fully saturated rings. The number of primary amides is 1. The van der Waals surface area contributed by atoms with E-state index in [1.165, 1.54) is 11.3 Å². The number of carbonyl (C=O) groups excluding carboxylic acids is 2. The fraction of sp³-hybridized carbons (Fsp3) is 0.556. The summed E-state index contributed by atoms with van der Waals surface area (Å²) in [5.74, 6) is -0.791. The van der Waals surface area contributed by atoms with Crippen LogP contribution in [0.3, 0.4) is 0 Å². The molecule has 0 saturated heterocycles. The van der Waals surface area contributed by atoms with Crippen LogP contribution in [0, 0.1) is 0 Å². The van der Waals surface area contributed by atoms with Crippen LogP contribution in [0.1, 0.15) is 29.6 Å². The van der Waals surface area contributed by atoms with Gasteiger partial charge in [-0.25, -0.2) is 0 Å². The summed E-state index contributed by atoms with van der Waals surface area (Å²) in [4.78, 5) is 22.0. The van der Waals surface area contributed by atoms with Gasteiger partial charge in [0.2, 0.25) is 16.0 Å². The highest BCUT2D eigenvalue weighted by molar-refractivity contribution is 7.17. The lowest BCUT2D eigenvalue weighted by atomic mass is 10.4. The van der Waals surface area contributed by atoms with E-state index in [1.807, 2.05) is 6.92 Å². The SMILES string of the molecule is CCCNc1nnc(C(=O)NCCC(N)=O)s1. The fourth-order valence-electron chi connectivity index (χ4n) is 0.993. The molecule has 0 unspecified atom stereocenters. The summed E-state index contributed by atoms with van der Waals surface area (Å²) in [5, 5.41) is 14.0. The number of aromatic nitrogens is 2. The molecule has 2 amide bonds. The molecule has 0 saturated carbocycles. The Balaban J connectivity index is 2.40. The van der Waals surface area contributed by atoms with E-state index in [4.69, 9.17) is 5.73 Å². The second kappa shape index (κ2) is 6.79. The van der Waals surface area contributed by atoms with Crippen molar-refractivity contribution in [1.29, 1.82) is 0 Å². The van der Waals surface area contributed by atoms with Crippen molar-refractivity contribution in [2.75, 3.05) is 18.4 Å². The van der Waals surface area contributed by atoms with Gasteiger partial charge in [0.1, 0.15) is 0 Å². The van der Waals surface area contributed by atoms with Crippen molar-refractivity contribution in [3.63, 3.8) is 0 Å². The van der Waals surface area contributed by atoms with Crippen molar-refractivity contribution in [3.05, 3.63) is 5.01 Å². The fourth-order valence-corrected chi connectivity index (χ4v) is 1.68. The van der Waals surface area contributed by atoms with E-state index in [0.29, 0.717) is 5.13 Å². The first kappa shape index (κ1) is 13.4.